The Bertz CT molecular complexity index is 1170. The van der Waals surface area contributed by atoms with E-state index in [2.05, 4.69) is 32.4 Å². The minimum Gasteiger partial charge on any atom is -0.481 e. The molecule has 0 bridgehead atoms. The predicted molar refractivity (Wildman–Crippen MR) is 130 cm³/mol. The maximum Gasteiger partial charge on any atom is 0.326 e. The van der Waals surface area contributed by atoms with E-state index in [-0.39, 0.29) is 36.2 Å². The van der Waals surface area contributed by atoms with Crippen LogP contribution in [0.2, 0.25) is 0 Å². The smallest absolute Gasteiger partial charge is 0.326 e. The molecule has 2 heterocycles. The van der Waals surface area contributed by atoms with E-state index in [4.69, 9.17) is 16.6 Å². The number of nitrogen functional groups attached to an aromatic ring is 2. The largest absolute Gasteiger partial charge is 0.481 e. The van der Waals surface area contributed by atoms with Gasteiger partial charge in [0.1, 0.15) is 17.7 Å². The van der Waals surface area contributed by atoms with Crippen LogP contribution >= 0.6 is 0 Å². The molecule has 11 nitrogen and oxygen atoms in total. The number of aliphatic carboxylic acids is 2. The van der Waals surface area contributed by atoms with Crippen LogP contribution in [-0.4, -0.2) is 50.6 Å². The van der Waals surface area contributed by atoms with Crippen molar-refractivity contribution in [2.75, 3.05) is 23.3 Å². The number of anilines is 3. The fourth-order valence-electron chi connectivity index (χ4n) is 4.15. The second-order valence-electron chi connectivity index (χ2n) is 8.33. The maximum absolute atomic E-state index is 12.5. The summed E-state index contributed by atoms with van der Waals surface area (Å²) in [6.45, 7) is 2.44. The van der Waals surface area contributed by atoms with Gasteiger partial charge >= 0.3 is 11.9 Å². The number of carbonyl (C=O) groups is 3. The van der Waals surface area contributed by atoms with Crippen LogP contribution in [0.4, 0.5) is 17.6 Å². The first-order valence-electron chi connectivity index (χ1n) is 11.1. The molecule has 0 radical (unpaired) electrons. The summed E-state index contributed by atoms with van der Waals surface area (Å²) in [6, 6.07) is 5.53. The summed E-state index contributed by atoms with van der Waals surface area (Å²) in [5.41, 5.74) is 13.9. The molecular weight excluding hydrogens is 452 g/mol. The Morgan fingerprint density at radius 3 is 2.54 bits per heavy atom. The van der Waals surface area contributed by atoms with Gasteiger partial charge < -0.3 is 32.3 Å². The van der Waals surface area contributed by atoms with Crippen LogP contribution in [0, 0.1) is 17.8 Å². The minimum absolute atomic E-state index is 0.0155. The molecule has 1 aliphatic heterocycles. The van der Waals surface area contributed by atoms with Gasteiger partial charge in [0.15, 0.2) is 0 Å². The van der Waals surface area contributed by atoms with Crippen molar-refractivity contribution in [1.29, 1.82) is 0 Å². The summed E-state index contributed by atoms with van der Waals surface area (Å²) in [5, 5.41) is 23.6. The molecule has 0 spiro atoms. The van der Waals surface area contributed by atoms with Gasteiger partial charge in [0, 0.05) is 35.9 Å². The lowest BCUT2D eigenvalue weighted by atomic mass is 9.87. The number of aromatic nitrogens is 2. The van der Waals surface area contributed by atoms with Crippen molar-refractivity contribution < 1.29 is 24.6 Å². The lowest BCUT2D eigenvalue weighted by Crippen LogP contribution is -2.41. The molecule has 3 atom stereocenters. The minimum atomic E-state index is -1.28. The Morgan fingerprint density at radius 2 is 1.91 bits per heavy atom. The molecule has 3 rings (SSSR count). The number of fused-ring (bicyclic) bond motifs is 1. The van der Waals surface area contributed by atoms with Crippen LogP contribution in [0.5, 0.6) is 0 Å². The van der Waals surface area contributed by atoms with Crippen molar-refractivity contribution in [3.05, 3.63) is 41.0 Å². The molecule has 0 saturated carbocycles. The van der Waals surface area contributed by atoms with Crippen LogP contribution in [-0.2, 0) is 16.0 Å². The van der Waals surface area contributed by atoms with E-state index in [0.29, 0.717) is 24.6 Å². The molecule has 8 N–H and O–H groups in total. The zero-order chi connectivity index (χ0) is 25.5. The van der Waals surface area contributed by atoms with Gasteiger partial charge in [0.05, 0.1) is 0 Å². The number of rotatable bonds is 10. The normalized spacial score (nSPS) is 15.6. The van der Waals surface area contributed by atoms with E-state index in [1.54, 1.807) is 31.2 Å². The average molecular weight is 481 g/mol. The van der Waals surface area contributed by atoms with Gasteiger partial charge in [-0.1, -0.05) is 18.1 Å². The summed E-state index contributed by atoms with van der Waals surface area (Å²) >= 11 is 0. The summed E-state index contributed by atoms with van der Waals surface area (Å²) in [6.07, 6.45) is 0.806. The molecule has 1 amide bonds. The molecule has 2 unspecified atom stereocenters. The number of amides is 1. The van der Waals surface area contributed by atoms with Gasteiger partial charge in [-0.2, -0.15) is 9.97 Å². The maximum atomic E-state index is 12.5. The third kappa shape index (κ3) is 6.60. The van der Waals surface area contributed by atoms with Crippen LogP contribution in [0.1, 0.15) is 53.6 Å². The molecule has 1 aromatic carbocycles. The van der Waals surface area contributed by atoms with Crippen molar-refractivity contribution in [1.82, 2.24) is 15.3 Å². The highest BCUT2D eigenvalue weighted by Gasteiger charge is 2.29. The van der Waals surface area contributed by atoms with E-state index in [1.165, 1.54) is 0 Å². The van der Waals surface area contributed by atoms with Gasteiger partial charge in [-0.15, -0.1) is 5.92 Å². The fraction of sp³-hybridized carbons (Fsp3) is 0.375. The molecule has 2 aromatic rings. The number of carboxylic acid groups (broad SMARTS) is 2. The summed E-state index contributed by atoms with van der Waals surface area (Å²) < 4.78 is 0. The first-order valence-corrected chi connectivity index (χ1v) is 11.1. The second-order valence-corrected chi connectivity index (χ2v) is 8.33. The zero-order valence-corrected chi connectivity index (χ0v) is 19.2. The number of nitrogens with one attached hydrogen (secondary N) is 2. The van der Waals surface area contributed by atoms with Gasteiger partial charge in [-0.05, 0) is 43.9 Å². The molecule has 0 aliphatic carbocycles. The molecule has 1 aromatic heterocycles. The second kappa shape index (κ2) is 11.2. The van der Waals surface area contributed by atoms with Gasteiger partial charge in [-0.3, -0.25) is 9.59 Å². The SMILES string of the molecule is CC#CC(Cc1ccc(C(=O)N[C@@H](CCC(=O)O)C(=O)O)cc1)CC1CNc2nc(N)nc(N)c21. The van der Waals surface area contributed by atoms with Crippen LogP contribution in [0.25, 0.3) is 0 Å². The lowest BCUT2D eigenvalue weighted by Gasteiger charge is -2.17. The van der Waals surface area contributed by atoms with Gasteiger partial charge in [-0.25, -0.2) is 4.79 Å². The quantitative estimate of drug-likeness (QED) is 0.271. The third-order valence-electron chi connectivity index (χ3n) is 5.78. The Morgan fingerprint density at radius 1 is 1.20 bits per heavy atom. The van der Waals surface area contributed by atoms with E-state index in [1.807, 2.05) is 0 Å². The number of nitrogens with two attached hydrogens (primary N) is 2. The Hall–Kier alpha value is -4.33. The standard InChI is InChI=1S/C24H28N6O5/c1-2-3-14(11-16-12-27-21-19(16)20(25)29-24(26)30-21)10-13-4-6-15(7-5-13)22(33)28-17(23(34)35)8-9-18(31)32/h4-7,14,16-17H,8-12H2,1H3,(H,28,33)(H,31,32)(H,34,35)(H5,25,26,27,29,30)/t14?,16?,17-/m0/s1. The van der Waals surface area contributed by atoms with E-state index >= 15 is 0 Å². The predicted octanol–water partition coefficient (Wildman–Crippen LogP) is 1.47. The molecular formula is C24H28N6O5. The third-order valence-corrected chi connectivity index (χ3v) is 5.78. The molecule has 11 heteroatoms. The topological polar surface area (TPSA) is 194 Å². The van der Waals surface area contributed by atoms with Crippen LogP contribution < -0.4 is 22.1 Å². The van der Waals surface area contributed by atoms with Crippen molar-refractivity contribution in [2.24, 2.45) is 5.92 Å². The number of hydrogen-bond donors (Lipinski definition) is 6. The van der Waals surface area contributed by atoms with E-state index in [9.17, 15) is 19.5 Å². The molecule has 184 valence electrons. The fourth-order valence-corrected chi connectivity index (χ4v) is 4.15. The number of hydrogen-bond acceptors (Lipinski definition) is 8. The number of benzene rings is 1. The van der Waals surface area contributed by atoms with Crippen molar-refractivity contribution >= 4 is 35.4 Å². The highest BCUT2D eigenvalue weighted by Crippen LogP contribution is 2.38. The highest BCUT2D eigenvalue weighted by molar-refractivity contribution is 5.96. The zero-order valence-electron chi connectivity index (χ0n) is 19.2. The van der Waals surface area contributed by atoms with Crippen molar-refractivity contribution in [3.63, 3.8) is 0 Å². The number of carbonyl (C=O) groups excluding carboxylic acids is 1. The van der Waals surface area contributed by atoms with Gasteiger partial charge in [0.2, 0.25) is 5.95 Å². The first kappa shape index (κ1) is 25.3. The Kier molecular flexibility index (Phi) is 8.09. The van der Waals surface area contributed by atoms with E-state index in [0.717, 1.165) is 17.5 Å². The summed E-state index contributed by atoms with van der Waals surface area (Å²) in [7, 11) is 0. The average Bonchev–Trinajstić information content (AvgIpc) is 3.19. The van der Waals surface area contributed by atoms with Crippen LogP contribution in [0.15, 0.2) is 24.3 Å². The Balaban J connectivity index is 1.65. The van der Waals surface area contributed by atoms with E-state index < -0.39 is 23.9 Å². The van der Waals surface area contributed by atoms with Crippen molar-refractivity contribution in [3.8, 4) is 11.8 Å². The molecule has 0 fully saturated rings. The first-order chi connectivity index (χ1) is 16.7. The number of carboxylic acids is 2. The molecule has 0 saturated heterocycles. The number of nitrogens with zero attached hydrogens (tertiary/aromatic N) is 2. The highest BCUT2D eigenvalue weighted by atomic mass is 16.4. The summed E-state index contributed by atoms with van der Waals surface area (Å²) in [4.78, 5) is 42.8. The molecule has 1 aliphatic rings. The van der Waals surface area contributed by atoms with Crippen LogP contribution in [0.3, 0.4) is 0 Å². The Labute approximate surface area is 202 Å². The molecule has 35 heavy (non-hydrogen) atoms. The lowest BCUT2D eigenvalue weighted by molar-refractivity contribution is -0.140. The summed E-state index contributed by atoms with van der Waals surface area (Å²) in [5.74, 6) is 4.47. The van der Waals surface area contributed by atoms with Crippen molar-refractivity contribution in [2.45, 2.75) is 44.6 Å². The monoisotopic (exact) mass is 480 g/mol. The van der Waals surface area contributed by atoms with Gasteiger partial charge in [0.25, 0.3) is 5.91 Å².